The van der Waals surface area contributed by atoms with Gasteiger partial charge in [0.05, 0.1) is 19.1 Å². The van der Waals surface area contributed by atoms with Crippen molar-refractivity contribution in [1.29, 1.82) is 0 Å². The van der Waals surface area contributed by atoms with E-state index in [1.807, 2.05) is 0 Å². The van der Waals surface area contributed by atoms with E-state index in [0.717, 1.165) is 5.56 Å². The number of anilines is 2. The lowest BCUT2D eigenvalue weighted by Crippen LogP contribution is -2.37. The molecule has 0 aromatic heterocycles. The fourth-order valence-corrected chi connectivity index (χ4v) is 5.14. The van der Waals surface area contributed by atoms with Crippen LogP contribution in [-0.2, 0) is 16.0 Å². The van der Waals surface area contributed by atoms with Gasteiger partial charge in [-0.2, -0.15) is 13.2 Å². The van der Waals surface area contributed by atoms with E-state index in [9.17, 15) is 27.9 Å². The van der Waals surface area contributed by atoms with E-state index in [2.05, 4.69) is 5.32 Å². The summed E-state index contributed by atoms with van der Waals surface area (Å²) in [4.78, 5) is 27.0. The summed E-state index contributed by atoms with van der Waals surface area (Å²) in [5.74, 6) is -0.453. The molecule has 0 saturated heterocycles. The zero-order valence-corrected chi connectivity index (χ0v) is 24.7. The van der Waals surface area contributed by atoms with Crippen LogP contribution in [0.4, 0.5) is 24.5 Å². The van der Waals surface area contributed by atoms with E-state index in [4.69, 9.17) is 21.1 Å². The summed E-state index contributed by atoms with van der Waals surface area (Å²) in [7, 11) is 1.48. The Balaban J connectivity index is 1.63. The molecule has 0 fully saturated rings. The van der Waals surface area contributed by atoms with Gasteiger partial charge in [-0.3, -0.25) is 9.59 Å². The number of hydrogen-bond acceptors (Lipinski definition) is 6. The molecule has 7 nitrogen and oxygen atoms in total. The topological polar surface area (TPSA) is 88.1 Å². The van der Waals surface area contributed by atoms with E-state index in [-0.39, 0.29) is 35.6 Å². The molecule has 1 unspecified atom stereocenters. The minimum absolute atomic E-state index is 0.00221. The number of fused-ring (bicyclic) bond motifs is 1. The lowest BCUT2D eigenvalue weighted by atomic mass is 9.90. The van der Waals surface area contributed by atoms with E-state index >= 15 is 0 Å². The maximum atomic E-state index is 14.1. The lowest BCUT2D eigenvalue weighted by Gasteiger charge is -2.27. The summed E-state index contributed by atoms with van der Waals surface area (Å²) in [5, 5.41) is 13.1. The Labute approximate surface area is 250 Å². The first-order valence-corrected chi connectivity index (χ1v) is 14.2. The molecule has 0 spiro atoms. The highest BCUT2D eigenvalue weighted by Gasteiger charge is 2.34. The summed E-state index contributed by atoms with van der Waals surface area (Å²) in [5.41, 5.74) is -3.14. The predicted molar refractivity (Wildman–Crippen MR) is 157 cm³/mol. The standard InChI is InChI=1S/C30H30ClF3N2O5S/c1-29(2,28(38)39)11-13-41-23-15-21(14-22(16-23)40-3)35-26(19-4-7-20(31)8-5-19)27(37)36-12-10-18-6-9-24(17-25(18)36)42-30(32,33)34/h4-9,14-17,26,35H,10-13H2,1-3H3,(H,38,39). The van der Waals surface area contributed by atoms with Crippen molar-refractivity contribution in [2.45, 2.75) is 43.1 Å². The van der Waals surface area contributed by atoms with Crippen LogP contribution < -0.4 is 19.7 Å². The van der Waals surface area contributed by atoms with E-state index < -0.39 is 22.9 Å². The number of nitrogens with zero attached hydrogens (tertiary/aromatic N) is 1. The van der Waals surface area contributed by atoms with Crippen molar-refractivity contribution < 1.29 is 37.3 Å². The third kappa shape index (κ3) is 7.83. The van der Waals surface area contributed by atoms with Crippen molar-refractivity contribution in [1.82, 2.24) is 0 Å². The molecule has 12 heteroatoms. The molecule has 224 valence electrons. The molecule has 1 aliphatic rings. The summed E-state index contributed by atoms with van der Waals surface area (Å²) in [6, 6.07) is 15.2. The highest BCUT2D eigenvalue weighted by Crippen LogP contribution is 2.41. The number of carboxylic acid groups (broad SMARTS) is 1. The quantitative estimate of drug-likeness (QED) is 0.213. The van der Waals surface area contributed by atoms with Crippen LogP contribution in [0.3, 0.4) is 0 Å². The van der Waals surface area contributed by atoms with E-state index in [0.29, 0.717) is 46.4 Å². The number of thioether (sulfide) groups is 1. The smallest absolute Gasteiger partial charge is 0.446 e. The molecule has 0 radical (unpaired) electrons. The molecule has 1 heterocycles. The SMILES string of the molecule is COc1cc(NC(C(=O)N2CCc3ccc(SC(F)(F)F)cc32)c2ccc(Cl)cc2)cc(OCCC(C)(C)C(=O)O)c1. The highest BCUT2D eigenvalue weighted by atomic mass is 35.5. The van der Waals surface area contributed by atoms with Crippen LogP contribution in [0.2, 0.25) is 5.02 Å². The molecule has 3 aromatic carbocycles. The van der Waals surface area contributed by atoms with Gasteiger partial charge in [0.15, 0.2) is 0 Å². The number of ether oxygens (including phenoxy) is 2. The number of nitrogens with one attached hydrogen (secondary N) is 1. The molecule has 1 atom stereocenters. The van der Waals surface area contributed by atoms with Crippen molar-refractivity contribution in [3.05, 3.63) is 76.8 Å². The molecule has 1 amide bonds. The Morgan fingerprint density at radius 3 is 2.40 bits per heavy atom. The first-order valence-electron chi connectivity index (χ1n) is 13.0. The summed E-state index contributed by atoms with van der Waals surface area (Å²) < 4.78 is 50.4. The second-order valence-electron chi connectivity index (χ2n) is 10.4. The van der Waals surface area contributed by atoms with E-state index in [1.165, 1.54) is 24.1 Å². The number of amides is 1. The van der Waals surface area contributed by atoms with Gasteiger partial charge in [0.2, 0.25) is 0 Å². The monoisotopic (exact) mass is 622 g/mol. The van der Waals surface area contributed by atoms with Gasteiger partial charge < -0.3 is 24.8 Å². The van der Waals surface area contributed by atoms with Gasteiger partial charge in [-0.05, 0) is 73.8 Å². The van der Waals surface area contributed by atoms with Crippen LogP contribution >= 0.6 is 23.4 Å². The maximum absolute atomic E-state index is 14.1. The third-order valence-electron chi connectivity index (χ3n) is 6.90. The third-order valence-corrected chi connectivity index (χ3v) is 7.88. The van der Waals surface area contributed by atoms with E-state index in [1.54, 1.807) is 62.4 Å². The molecule has 3 aromatic rings. The number of carboxylic acids is 1. The largest absolute Gasteiger partial charge is 0.497 e. The number of benzene rings is 3. The molecule has 0 aliphatic carbocycles. The molecule has 0 bridgehead atoms. The number of carbonyl (C=O) groups excluding carboxylic acids is 1. The Morgan fingerprint density at radius 2 is 1.76 bits per heavy atom. The van der Waals surface area contributed by atoms with Crippen molar-refractivity contribution in [3.63, 3.8) is 0 Å². The minimum atomic E-state index is -4.45. The number of carbonyl (C=O) groups is 2. The van der Waals surface area contributed by atoms with Crippen molar-refractivity contribution in [2.75, 3.05) is 30.5 Å². The van der Waals surface area contributed by atoms with Gasteiger partial charge in [0, 0.05) is 46.0 Å². The van der Waals surface area contributed by atoms with Gasteiger partial charge in [-0.1, -0.05) is 29.8 Å². The second-order valence-corrected chi connectivity index (χ2v) is 12.0. The molecule has 42 heavy (non-hydrogen) atoms. The zero-order chi connectivity index (χ0) is 30.7. The number of alkyl halides is 3. The Morgan fingerprint density at radius 1 is 1.07 bits per heavy atom. The Hall–Kier alpha value is -3.57. The first-order chi connectivity index (χ1) is 19.8. The number of aliphatic carboxylic acids is 1. The summed E-state index contributed by atoms with van der Waals surface area (Å²) in [6.07, 6.45) is 0.770. The normalized spacial score (nSPS) is 13.8. The lowest BCUT2D eigenvalue weighted by molar-refractivity contribution is -0.147. The van der Waals surface area contributed by atoms with Crippen molar-refractivity contribution >= 4 is 46.6 Å². The number of halogens is 4. The molecule has 4 rings (SSSR count). The maximum Gasteiger partial charge on any atom is 0.446 e. The molecular formula is C30H30ClF3N2O5S. The van der Waals surface area contributed by atoms with Gasteiger partial charge >= 0.3 is 11.5 Å². The van der Waals surface area contributed by atoms with Crippen LogP contribution in [-0.4, -0.2) is 42.8 Å². The Bertz CT molecular complexity index is 1450. The average Bonchev–Trinajstić information content (AvgIpc) is 3.34. The van der Waals surface area contributed by atoms with Crippen molar-refractivity contribution in [2.24, 2.45) is 5.41 Å². The van der Waals surface area contributed by atoms with Crippen LogP contribution in [0.15, 0.2) is 65.6 Å². The van der Waals surface area contributed by atoms with Gasteiger partial charge in [-0.25, -0.2) is 0 Å². The van der Waals surface area contributed by atoms with Gasteiger partial charge in [0.25, 0.3) is 5.91 Å². The zero-order valence-electron chi connectivity index (χ0n) is 23.1. The van der Waals surface area contributed by atoms with Crippen LogP contribution in [0.1, 0.15) is 37.4 Å². The minimum Gasteiger partial charge on any atom is -0.497 e. The fourth-order valence-electron chi connectivity index (χ4n) is 4.44. The average molecular weight is 623 g/mol. The summed E-state index contributed by atoms with van der Waals surface area (Å²) >= 11 is 5.88. The highest BCUT2D eigenvalue weighted by molar-refractivity contribution is 8.00. The fraction of sp³-hybridized carbons (Fsp3) is 0.333. The van der Waals surface area contributed by atoms with Crippen LogP contribution in [0.5, 0.6) is 11.5 Å². The first kappa shape index (κ1) is 31.4. The molecule has 1 aliphatic heterocycles. The van der Waals surface area contributed by atoms with Crippen LogP contribution in [0.25, 0.3) is 0 Å². The number of rotatable bonds is 11. The van der Waals surface area contributed by atoms with Crippen molar-refractivity contribution in [3.8, 4) is 11.5 Å². The van der Waals surface area contributed by atoms with Gasteiger partial charge in [-0.15, -0.1) is 0 Å². The molecule has 2 N–H and O–H groups in total. The summed E-state index contributed by atoms with van der Waals surface area (Å²) in [6.45, 7) is 3.67. The second kappa shape index (κ2) is 12.7. The number of hydrogen-bond donors (Lipinski definition) is 2. The molecular weight excluding hydrogens is 593 g/mol. The predicted octanol–water partition coefficient (Wildman–Crippen LogP) is 7.58. The number of methoxy groups -OCH3 is 1. The molecule has 0 saturated carbocycles. The van der Waals surface area contributed by atoms with Gasteiger partial charge in [0.1, 0.15) is 17.5 Å². The van der Waals surface area contributed by atoms with Crippen LogP contribution in [0, 0.1) is 5.41 Å². The Kier molecular flexibility index (Phi) is 9.52.